The molecule has 106 valence electrons. The molecule has 0 saturated carbocycles. The molecule has 2 heterocycles. The van der Waals surface area contributed by atoms with Crippen LogP contribution in [0.1, 0.15) is 38.4 Å². The Kier molecular flexibility index (Phi) is 4.52. The molecule has 0 aliphatic carbocycles. The number of likely N-dealkylation sites (tertiary alicyclic amines) is 1. The smallest absolute Gasteiger partial charge is 0.303 e. The highest BCUT2D eigenvalue weighted by Gasteiger charge is 2.25. The third kappa shape index (κ3) is 4.31. The van der Waals surface area contributed by atoms with Crippen molar-refractivity contribution in [3.05, 3.63) is 11.7 Å². The maximum Gasteiger partial charge on any atom is 0.303 e. The van der Waals surface area contributed by atoms with E-state index < -0.39 is 5.97 Å². The highest BCUT2D eigenvalue weighted by Crippen LogP contribution is 2.20. The van der Waals surface area contributed by atoms with Gasteiger partial charge in [0, 0.05) is 19.4 Å². The van der Waals surface area contributed by atoms with Crippen molar-refractivity contribution in [2.24, 2.45) is 11.8 Å². The first kappa shape index (κ1) is 14.0. The van der Waals surface area contributed by atoms with E-state index in [-0.39, 0.29) is 12.3 Å². The molecule has 1 N–H and O–H groups in total. The molecule has 0 spiro atoms. The highest BCUT2D eigenvalue weighted by atomic mass is 16.5. The van der Waals surface area contributed by atoms with Gasteiger partial charge < -0.3 is 9.63 Å². The first-order valence-electron chi connectivity index (χ1n) is 6.78. The Bertz CT molecular complexity index is 431. The molecule has 1 aromatic heterocycles. The molecular formula is C13H21N3O3. The van der Waals surface area contributed by atoms with Crippen LogP contribution < -0.4 is 0 Å². The van der Waals surface area contributed by atoms with Crippen molar-refractivity contribution in [1.29, 1.82) is 0 Å². The summed E-state index contributed by atoms with van der Waals surface area (Å²) in [6.07, 6.45) is 1.99. The summed E-state index contributed by atoms with van der Waals surface area (Å²) in [5.41, 5.74) is 0. The Balaban J connectivity index is 1.82. The van der Waals surface area contributed by atoms with E-state index in [1.165, 1.54) is 0 Å². The average Bonchev–Trinajstić information content (AvgIpc) is 2.88. The second kappa shape index (κ2) is 6.14. The minimum atomic E-state index is -0.717. The zero-order valence-electron chi connectivity index (χ0n) is 11.5. The number of carboxylic acid groups (broad SMARTS) is 1. The van der Waals surface area contributed by atoms with Gasteiger partial charge in [0.1, 0.15) is 0 Å². The van der Waals surface area contributed by atoms with Crippen LogP contribution in [0.25, 0.3) is 0 Å². The quantitative estimate of drug-likeness (QED) is 0.842. The van der Waals surface area contributed by atoms with Crippen LogP contribution in [0.5, 0.6) is 0 Å². The van der Waals surface area contributed by atoms with Crippen molar-refractivity contribution in [3.8, 4) is 0 Å². The van der Waals surface area contributed by atoms with Crippen LogP contribution in [-0.2, 0) is 17.8 Å². The van der Waals surface area contributed by atoms with Crippen LogP contribution in [0.2, 0.25) is 0 Å². The topological polar surface area (TPSA) is 79.5 Å². The second-order valence-electron chi connectivity index (χ2n) is 5.69. The molecule has 1 aliphatic rings. The van der Waals surface area contributed by atoms with Crippen molar-refractivity contribution >= 4 is 5.97 Å². The number of hydrogen-bond acceptors (Lipinski definition) is 5. The lowest BCUT2D eigenvalue weighted by atomic mass is 10.1. The van der Waals surface area contributed by atoms with Crippen molar-refractivity contribution in [1.82, 2.24) is 15.0 Å². The van der Waals surface area contributed by atoms with Gasteiger partial charge in [-0.1, -0.05) is 19.0 Å². The summed E-state index contributed by atoms with van der Waals surface area (Å²) < 4.78 is 5.20. The van der Waals surface area contributed by atoms with Gasteiger partial charge >= 0.3 is 5.97 Å². The molecule has 1 aliphatic heterocycles. The van der Waals surface area contributed by atoms with Gasteiger partial charge in [-0.15, -0.1) is 0 Å². The number of nitrogens with zero attached hydrogens (tertiary/aromatic N) is 3. The lowest BCUT2D eigenvalue weighted by Gasteiger charge is -2.12. The summed E-state index contributed by atoms with van der Waals surface area (Å²) in [5.74, 6) is 1.42. The van der Waals surface area contributed by atoms with E-state index in [0.717, 1.165) is 25.9 Å². The molecule has 6 heteroatoms. The fourth-order valence-corrected chi connectivity index (χ4v) is 2.46. The molecule has 1 saturated heterocycles. The fourth-order valence-electron chi connectivity index (χ4n) is 2.46. The van der Waals surface area contributed by atoms with Gasteiger partial charge in [-0.25, -0.2) is 0 Å². The molecule has 6 nitrogen and oxygen atoms in total. The molecule has 0 bridgehead atoms. The molecule has 0 aromatic carbocycles. The minimum absolute atomic E-state index is 0.250. The summed E-state index contributed by atoms with van der Waals surface area (Å²) >= 11 is 0. The van der Waals surface area contributed by atoms with Gasteiger partial charge in [0.05, 0.1) is 6.54 Å². The van der Waals surface area contributed by atoms with Gasteiger partial charge in [-0.3, -0.25) is 9.69 Å². The van der Waals surface area contributed by atoms with E-state index in [9.17, 15) is 4.79 Å². The molecule has 0 amide bonds. The Labute approximate surface area is 112 Å². The largest absolute Gasteiger partial charge is 0.481 e. The van der Waals surface area contributed by atoms with E-state index >= 15 is 0 Å². The van der Waals surface area contributed by atoms with E-state index in [1.807, 2.05) is 0 Å². The summed E-state index contributed by atoms with van der Waals surface area (Å²) in [7, 11) is 0. The molecule has 1 unspecified atom stereocenters. The van der Waals surface area contributed by atoms with E-state index in [0.29, 0.717) is 24.2 Å². The van der Waals surface area contributed by atoms with Crippen LogP contribution in [-0.4, -0.2) is 39.2 Å². The monoisotopic (exact) mass is 267 g/mol. The molecule has 1 fully saturated rings. The maximum atomic E-state index is 10.7. The fraction of sp³-hybridized carbons (Fsp3) is 0.769. The standard InChI is InChI=1S/C13H21N3O3/c1-9(2)5-12-14-11(15-19-12)8-16-4-3-10(7-16)6-13(17)18/h9-10H,3-8H2,1-2H3,(H,17,18). The molecule has 2 rings (SSSR count). The number of carboxylic acids is 1. The number of rotatable bonds is 6. The van der Waals surface area contributed by atoms with Crippen molar-refractivity contribution in [2.45, 2.75) is 39.7 Å². The van der Waals surface area contributed by atoms with Gasteiger partial charge in [0.15, 0.2) is 5.82 Å². The Hall–Kier alpha value is -1.43. The first-order valence-corrected chi connectivity index (χ1v) is 6.78. The van der Waals surface area contributed by atoms with Crippen molar-refractivity contribution < 1.29 is 14.4 Å². The van der Waals surface area contributed by atoms with E-state index in [2.05, 4.69) is 28.9 Å². The van der Waals surface area contributed by atoms with Gasteiger partial charge in [-0.2, -0.15) is 4.98 Å². The van der Waals surface area contributed by atoms with Gasteiger partial charge in [0.2, 0.25) is 5.89 Å². The van der Waals surface area contributed by atoms with Crippen LogP contribution in [0.15, 0.2) is 4.52 Å². The lowest BCUT2D eigenvalue weighted by Crippen LogP contribution is -2.21. The van der Waals surface area contributed by atoms with E-state index in [1.54, 1.807) is 0 Å². The first-order chi connectivity index (χ1) is 9.02. The number of carbonyl (C=O) groups is 1. The Morgan fingerprint density at radius 2 is 2.37 bits per heavy atom. The average molecular weight is 267 g/mol. The summed E-state index contributed by atoms with van der Waals surface area (Å²) in [6.45, 7) is 6.59. The van der Waals surface area contributed by atoms with E-state index in [4.69, 9.17) is 9.63 Å². The van der Waals surface area contributed by atoms with Crippen molar-refractivity contribution in [3.63, 3.8) is 0 Å². The third-order valence-corrected chi connectivity index (χ3v) is 3.29. The van der Waals surface area contributed by atoms with Gasteiger partial charge in [0.25, 0.3) is 0 Å². The molecule has 1 atom stereocenters. The molecule has 0 radical (unpaired) electrons. The molecule has 1 aromatic rings. The number of hydrogen-bond donors (Lipinski definition) is 1. The minimum Gasteiger partial charge on any atom is -0.481 e. The van der Waals surface area contributed by atoms with Crippen LogP contribution >= 0.6 is 0 Å². The molecular weight excluding hydrogens is 246 g/mol. The third-order valence-electron chi connectivity index (χ3n) is 3.29. The summed E-state index contributed by atoms with van der Waals surface area (Å²) in [5, 5.41) is 12.8. The normalized spacial score (nSPS) is 20.3. The zero-order valence-corrected chi connectivity index (χ0v) is 11.5. The predicted octanol–water partition coefficient (Wildman–Crippen LogP) is 1.56. The lowest BCUT2D eigenvalue weighted by molar-refractivity contribution is -0.138. The predicted molar refractivity (Wildman–Crippen MR) is 68.5 cm³/mol. The van der Waals surface area contributed by atoms with Gasteiger partial charge in [-0.05, 0) is 24.8 Å². The summed E-state index contributed by atoms with van der Waals surface area (Å²) in [6, 6.07) is 0. The van der Waals surface area contributed by atoms with Crippen LogP contribution in [0.4, 0.5) is 0 Å². The SMILES string of the molecule is CC(C)Cc1nc(CN2CCC(CC(=O)O)C2)no1. The number of aliphatic carboxylic acids is 1. The van der Waals surface area contributed by atoms with Crippen LogP contribution in [0, 0.1) is 11.8 Å². The Morgan fingerprint density at radius 1 is 1.58 bits per heavy atom. The summed E-state index contributed by atoms with van der Waals surface area (Å²) in [4.78, 5) is 17.2. The van der Waals surface area contributed by atoms with Crippen LogP contribution in [0.3, 0.4) is 0 Å². The van der Waals surface area contributed by atoms with Crippen molar-refractivity contribution in [2.75, 3.05) is 13.1 Å². The zero-order chi connectivity index (χ0) is 13.8. The highest BCUT2D eigenvalue weighted by molar-refractivity contribution is 5.67. The maximum absolute atomic E-state index is 10.7. The Morgan fingerprint density at radius 3 is 3.05 bits per heavy atom. The molecule has 19 heavy (non-hydrogen) atoms. The number of aromatic nitrogens is 2. The second-order valence-corrected chi connectivity index (χ2v) is 5.69.